The fourth-order valence-electron chi connectivity index (χ4n) is 1.50. The van der Waals surface area contributed by atoms with Crippen molar-refractivity contribution in [1.29, 1.82) is 0 Å². The molecule has 0 aliphatic heterocycles. The van der Waals surface area contributed by atoms with Gasteiger partial charge in [-0.25, -0.2) is 0 Å². The molecule has 2 aromatic rings. The van der Waals surface area contributed by atoms with E-state index in [0.29, 0.717) is 5.02 Å². The summed E-state index contributed by atoms with van der Waals surface area (Å²) in [6.07, 6.45) is 2.50. The molecule has 0 fully saturated rings. The maximum absolute atomic E-state index is 5.81. The second-order valence-electron chi connectivity index (χ2n) is 5.29. The van der Waals surface area contributed by atoms with E-state index in [0.717, 1.165) is 28.7 Å². The van der Waals surface area contributed by atoms with Gasteiger partial charge in [0.05, 0.1) is 5.02 Å². The van der Waals surface area contributed by atoms with Crippen LogP contribution in [-0.4, -0.2) is 27.3 Å². The molecule has 0 aliphatic carbocycles. The first-order valence-corrected chi connectivity index (χ1v) is 7.33. The van der Waals surface area contributed by atoms with Crippen molar-refractivity contribution < 1.29 is 0 Å². The largest absolute Gasteiger partial charge is 0.312 e. The van der Waals surface area contributed by atoms with E-state index in [9.17, 15) is 0 Å². The summed E-state index contributed by atoms with van der Waals surface area (Å²) in [5, 5.41) is 14.3. The molecule has 6 heteroatoms. The lowest BCUT2D eigenvalue weighted by Crippen LogP contribution is -2.37. The van der Waals surface area contributed by atoms with Crippen molar-refractivity contribution in [3.63, 3.8) is 0 Å². The predicted molar refractivity (Wildman–Crippen MR) is 79.6 cm³/mol. The number of hydrogen-bond acceptors (Lipinski definition) is 5. The molecule has 0 radical (unpaired) electrons. The topological polar surface area (TPSA) is 50.7 Å². The second-order valence-corrected chi connectivity index (χ2v) is 6.79. The molecule has 19 heavy (non-hydrogen) atoms. The van der Waals surface area contributed by atoms with Crippen molar-refractivity contribution in [2.24, 2.45) is 0 Å². The standard InChI is InChI=1S/C13H17ClN4S/c1-13(2,3)16-7-6-11-17-18-12(19-11)10-5-4-9(14)8-15-10/h4-5,8,16H,6-7H2,1-3H3. The fourth-order valence-corrected chi connectivity index (χ4v) is 2.43. The summed E-state index contributed by atoms with van der Waals surface area (Å²) in [4.78, 5) is 4.24. The van der Waals surface area contributed by atoms with Crippen LogP contribution in [0.15, 0.2) is 18.3 Å². The number of rotatable bonds is 4. The highest BCUT2D eigenvalue weighted by molar-refractivity contribution is 7.14. The number of nitrogens with one attached hydrogen (secondary N) is 1. The first-order valence-electron chi connectivity index (χ1n) is 6.13. The van der Waals surface area contributed by atoms with Gasteiger partial charge in [0.25, 0.3) is 0 Å². The first kappa shape index (κ1) is 14.4. The quantitative estimate of drug-likeness (QED) is 0.941. The van der Waals surface area contributed by atoms with Crippen LogP contribution in [0.3, 0.4) is 0 Å². The zero-order chi connectivity index (χ0) is 13.9. The summed E-state index contributed by atoms with van der Waals surface area (Å²) in [6, 6.07) is 3.67. The maximum Gasteiger partial charge on any atom is 0.166 e. The normalized spacial score (nSPS) is 11.8. The van der Waals surface area contributed by atoms with E-state index in [2.05, 4.69) is 41.3 Å². The Hall–Kier alpha value is -1.04. The van der Waals surface area contributed by atoms with Crippen molar-refractivity contribution in [3.05, 3.63) is 28.4 Å². The first-order chi connectivity index (χ1) is 8.94. The molecule has 0 spiro atoms. The predicted octanol–water partition coefficient (Wildman–Crippen LogP) is 3.18. The molecule has 0 bridgehead atoms. The van der Waals surface area contributed by atoms with Gasteiger partial charge in [-0.1, -0.05) is 22.9 Å². The van der Waals surface area contributed by atoms with E-state index < -0.39 is 0 Å². The van der Waals surface area contributed by atoms with E-state index in [1.54, 1.807) is 17.5 Å². The molecule has 0 aliphatic rings. The zero-order valence-corrected chi connectivity index (χ0v) is 12.8. The molecular weight excluding hydrogens is 280 g/mol. The van der Waals surface area contributed by atoms with E-state index in [-0.39, 0.29) is 5.54 Å². The maximum atomic E-state index is 5.81. The van der Waals surface area contributed by atoms with Crippen LogP contribution in [0.2, 0.25) is 5.02 Å². The minimum atomic E-state index is 0.130. The van der Waals surface area contributed by atoms with E-state index in [4.69, 9.17) is 11.6 Å². The van der Waals surface area contributed by atoms with Crippen LogP contribution in [0.4, 0.5) is 0 Å². The molecule has 102 valence electrons. The van der Waals surface area contributed by atoms with E-state index in [1.165, 1.54) is 0 Å². The average molecular weight is 297 g/mol. The highest BCUT2D eigenvalue weighted by Gasteiger charge is 2.10. The van der Waals surface area contributed by atoms with Crippen LogP contribution in [0.5, 0.6) is 0 Å². The smallest absolute Gasteiger partial charge is 0.166 e. The number of pyridine rings is 1. The molecular formula is C13H17ClN4S. The molecule has 2 heterocycles. The zero-order valence-electron chi connectivity index (χ0n) is 11.3. The summed E-state index contributed by atoms with van der Waals surface area (Å²) >= 11 is 7.39. The molecule has 0 saturated carbocycles. The van der Waals surface area contributed by atoms with Gasteiger partial charge >= 0.3 is 0 Å². The molecule has 0 atom stereocenters. The fraction of sp³-hybridized carbons (Fsp3) is 0.462. The minimum Gasteiger partial charge on any atom is -0.312 e. The Morgan fingerprint density at radius 3 is 2.68 bits per heavy atom. The molecule has 0 unspecified atom stereocenters. The van der Waals surface area contributed by atoms with Crippen LogP contribution in [-0.2, 0) is 6.42 Å². The lowest BCUT2D eigenvalue weighted by Gasteiger charge is -2.19. The van der Waals surface area contributed by atoms with Crippen LogP contribution >= 0.6 is 22.9 Å². The summed E-state index contributed by atoms with van der Waals surface area (Å²) in [7, 11) is 0. The third kappa shape index (κ3) is 4.53. The Labute approximate surface area is 122 Å². The van der Waals surface area contributed by atoms with Crippen LogP contribution in [0.1, 0.15) is 25.8 Å². The number of nitrogens with zero attached hydrogens (tertiary/aromatic N) is 3. The summed E-state index contributed by atoms with van der Waals surface area (Å²) < 4.78 is 0. The highest BCUT2D eigenvalue weighted by atomic mass is 35.5. The van der Waals surface area contributed by atoms with Crippen molar-refractivity contribution in [2.45, 2.75) is 32.7 Å². The third-order valence-corrected chi connectivity index (χ3v) is 3.64. The Balaban J connectivity index is 1.97. The molecule has 1 N–H and O–H groups in total. The van der Waals surface area contributed by atoms with Gasteiger partial charge in [-0.05, 0) is 32.9 Å². The summed E-state index contributed by atoms with van der Waals surface area (Å²) in [5.74, 6) is 0. The van der Waals surface area contributed by atoms with Crippen molar-refractivity contribution in [1.82, 2.24) is 20.5 Å². The molecule has 2 rings (SSSR count). The van der Waals surface area contributed by atoms with Crippen LogP contribution in [0, 0.1) is 0 Å². The molecule has 0 aromatic carbocycles. The van der Waals surface area contributed by atoms with Gasteiger partial charge < -0.3 is 5.32 Å². The molecule has 0 saturated heterocycles. The Morgan fingerprint density at radius 1 is 1.26 bits per heavy atom. The molecule has 2 aromatic heterocycles. The van der Waals surface area contributed by atoms with Gasteiger partial charge in [0.2, 0.25) is 0 Å². The second kappa shape index (κ2) is 5.94. The highest BCUT2D eigenvalue weighted by Crippen LogP contribution is 2.22. The van der Waals surface area contributed by atoms with Gasteiger partial charge in [0.1, 0.15) is 10.7 Å². The lowest BCUT2D eigenvalue weighted by atomic mass is 10.1. The van der Waals surface area contributed by atoms with E-state index in [1.807, 2.05) is 12.1 Å². The Bertz CT molecular complexity index is 530. The van der Waals surface area contributed by atoms with Crippen molar-refractivity contribution >= 4 is 22.9 Å². The van der Waals surface area contributed by atoms with Crippen molar-refractivity contribution in [3.8, 4) is 10.7 Å². The molecule has 0 amide bonds. The summed E-state index contributed by atoms with van der Waals surface area (Å²) in [5.41, 5.74) is 0.947. The third-order valence-electron chi connectivity index (χ3n) is 2.41. The monoisotopic (exact) mass is 296 g/mol. The minimum absolute atomic E-state index is 0.130. The lowest BCUT2D eigenvalue weighted by molar-refractivity contribution is 0.429. The van der Waals surface area contributed by atoms with Gasteiger partial charge in [-0.2, -0.15) is 0 Å². The Kier molecular flexibility index (Phi) is 4.50. The van der Waals surface area contributed by atoms with Gasteiger partial charge in [0, 0.05) is 24.7 Å². The number of hydrogen-bond donors (Lipinski definition) is 1. The van der Waals surface area contributed by atoms with Gasteiger partial charge in [0.15, 0.2) is 5.01 Å². The SMILES string of the molecule is CC(C)(C)NCCc1nnc(-c2ccc(Cl)cn2)s1. The van der Waals surface area contributed by atoms with Crippen molar-refractivity contribution in [2.75, 3.05) is 6.54 Å². The van der Waals surface area contributed by atoms with Crippen LogP contribution in [0.25, 0.3) is 10.7 Å². The Morgan fingerprint density at radius 2 is 2.05 bits per heavy atom. The number of halogens is 1. The summed E-state index contributed by atoms with van der Waals surface area (Å²) in [6.45, 7) is 7.34. The van der Waals surface area contributed by atoms with Gasteiger partial charge in [-0.15, -0.1) is 10.2 Å². The van der Waals surface area contributed by atoms with Crippen LogP contribution < -0.4 is 5.32 Å². The van der Waals surface area contributed by atoms with E-state index >= 15 is 0 Å². The number of aromatic nitrogens is 3. The molecule has 4 nitrogen and oxygen atoms in total. The van der Waals surface area contributed by atoms with Gasteiger partial charge in [-0.3, -0.25) is 4.98 Å². The average Bonchev–Trinajstić information content (AvgIpc) is 2.77.